The smallest absolute Gasteiger partial charge is 0.294 e. The van der Waals surface area contributed by atoms with Gasteiger partial charge in [0.2, 0.25) is 0 Å². The summed E-state index contributed by atoms with van der Waals surface area (Å²) in [6.45, 7) is -0.389. The molecule has 0 fully saturated rings. The fraction of sp³-hybridized carbons (Fsp3) is 0.0250. The first-order valence-corrected chi connectivity index (χ1v) is 19.3. The molecule has 7 aromatic rings. The van der Waals surface area contributed by atoms with Gasteiger partial charge in [0.25, 0.3) is 38.0 Å². The third kappa shape index (κ3) is 8.30. The third-order valence-electron chi connectivity index (χ3n) is 8.63. The molecule has 0 saturated carbocycles. The number of carbonyl (C=O) groups excluding carboxylic acids is 3. The van der Waals surface area contributed by atoms with Crippen LogP contribution in [-0.2, 0) is 25.0 Å². The number of anilines is 3. The van der Waals surface area contributed by atoms with Gasteiger partial charge in [-0.25, -0.2) is 0 Å². The van der Waals surface area contributed by atoms with E-state index in [4.69, 9.17) is 4.74 Å². The van der Waals surface area contributed by atoms with Crippen molar-refractivity contribution in [3.63, 3.8) is 0 Å². The Balaban J connectivity index is 1.18. The summed E-state index contributed by atoms with van der Waals surface area (Å²) in [4.78, 5) is 40.0. The highest BCUT2D eigenvalue weighted by molar-refractivity contribution is 7.86. The van der Waals surface area contributed by atoms with Crippen LogP contribution in [0.4, 0.5) is 17.1 Å². The SMILES string of the molecule is O=C(COc1ccc2ccccc2c1)Nc1cc(C(=O)Nc2cccc3cc(S(=O)(=O)O)ccc23)cc(C(=O)Nc2cccc3cc(S(=O)(=O)O)ccc23)c1. The minimum absolute atomic E-state index is 0.0272. The van der Waals surface area contributed by atoms with E-state index in [1.807, 2.05) is 30.3 Å². The Bertz CT molecular complexity index is 2780. The second kappa shape index (κ2) is 14.6. The minimum Gasteiger partial charge on any atom is -0.484 e. The van der Waals surface area contributed by atoms with E-state index in [0.717, 1.165) is 10.8 Å². The van der Waals surface area contributed by atoms with Gasteiger partial charge < -0.3 is 20.7 Å². The predicted octanol–water partition coefficient (Wildman–Crippen LogP) is 7.16. The number of benzene rings is 7. The minimum atomic E-state index is -4.48. The molecule has 0 aliphatic heterocycles. The van der Waals surface area contributed by atoms with Crippen molar-refractivity contribution in [2.45, 2.75) is 9.79 Å². The van der Waals surface area contributed by atoms with Gasteiger partial charge in [0.15, 0.2) is 6.61 Å². The first-order chi connectivity index (χ1) is 26.2. The second-order valence-corrected chi connectivity index (χ2v) is 15.2. The van der Waals surface area contributed by atoms with E-state index in [9.17, 15) is 40.3 Å². The molecule has 0 aliphatic carbocycles. The van der Waals surface area contributed by atoms with Gasteiger partial charge in [0, 0.05) is 39.0 Å². The highest BCUT2D eigenvalue weighted by atomic mass is 32.2. The number of fused-ring (bicyclic) bond motifs is 3. The molecule has 0 radical (unpaired) electrons. The van der Waals surface area contributed by atoms with Crippen LogP contribution < -0.4 is 20.7 Å². The van der Waals surface area contributed by atoms with Crippen LogP contribution in [0.25, 0.3) is 32.3 Å². The topological polar surface area (TPSA) is 205 Å². The summed E-state index contributed by atoms with van der Waals surface area (Å²) in [6.07, 6.45) is 0. The fourth-order valence-corrected chi connectivity index (χ4v) is 7.05. The maximum absolute atomic E-state index is 13.8. The van der Waals surface area contributed by atoms with E-state index in [2.05, 4.69) is 16.0 Å². The first kappa shape index (κ1) is 36.7. The van der Waals surface area contributed by atoms with Crippen molar-refractivity contribution >= 4 is 87.3 Å². The third-order valence-corrected chi connectivity index (χ3v) is 10.3. The lowest BCUT2D eigenvalue weighted by molar-refractivity contribution is -0.118. The number of carbonyl (C=O) groups is 3. The molecule has 15 heteroatoms. The summed E-state index contributed by atoms with van der Waals surface area (Å²) in [5.41, 5.74) is 0.639. The molecule has 3 amide bonds. The summed E-state index contributed by atoms with van der Waals surface area (Å²) in [5, 5.41) is 11.9. The molecule has 0 bridgehead atoms. The van der Waals surface area contributed by atoms with Crippen LogP contribution in [0.15, 0.2) is 143 Å². The van der Waals surface area contributed by atoms with Crippen LogP contribution in [-0.4, -0.2) is 50.3 Å². The molecule has 0 heterocycles. The van der Waals surface area contributed by atoms with Gasteiger partial charge in [-0.15, -0.1) is 0 Å². The molecule has 7 aromatic carbocycles. The Kier molecular flexibility index (Phi) is 9.77. The predicted molar refractivity (Wildman–Crippen MR) is 208 cm³/mol. The summed E-state index contributed by atoms with van der Waals surface area (Å²) in [6, 6.07) is 34.4. The number of hydrogen-bond acceptors (Lipinski definition) is 8. The van der Waals surface area contributed by atoms with Crippen molar-refractivity contribution in [2.24, 2.45) is 0 Å². The van der Waals surface area contributed by atoms with Gasteiger partial charge >= 0.3 is 0 Å². The van der Waals surface area contributed by atoms with Crippen LogP contribution in [0.2, 0.25) is 0 Å². The Morgan fingerprint density at radius 1 is 0.509 bits per heavy atom. The zero-order chi connectivity index (χ0) is 38.9. The second-order valence-electron chi connectivity index (χ2n) is 12.4. The van der Waals surface area contributed by atoms with Gasteiger partial charge in [-0.2, -0.15) is 16.8 Å². The molecule has 0 unspecified atom stereocenters. The van der Waals surface area contributed by atoms with E-state index in [1.165, 1.54) is 54.6 Å². The van der Waals surface area contributed by atoms with Crippen LogP contribution in [0.1, 0.15) is 20.7 Å². The molecular formula is C40H29N3O10S2. The Labute approximate surface area is 314 Å². The summed E-state index contributed by atoms with van der Waals surface area (Å²) in [7, 11) is -8.95. The summed E-state index contributed by atoms with van der Waals surface area (Å²) >= 11 is 0. The average molecular weight is 776 g/mol. The van der Waals surface area contributed by atoms with Gasteiger partial charge in [-0.3, -0.25) is 23.5 Å². The maximum atomic E-state index is 13.8. The Morgan fingerprint density at radius 2 is 1.02 bits per heavy atom. The van der Waals surface area contributed by atoms with Crippen molar-refractivity contribution in [2.75, 3.05) is 22.6 Å². The number of ether oxygens (including phenoxy) is 1. The van der Waals surface area contributed by atoms with Gasteiger partial charge in [-0.05, 0) is 88.3 Å². The van der Waals surface area contributed by atoms with Gasteiger partial charge in [0.1, 0.15) is 5.75 Å². The molecule has 5 N–H and O–H groups in total. The van der Waals surface area contributed by atoms with Gasteiger partial charge in [0.05, 0.1) is 9.79 Å². The molecule has 13 nitrogen and oxygen atoms in total. The molecule has 0 atom stereocenters. The van der Waals surface area contributed by atoms with Crippen molar-refractivity contribution in [1.82, 2.24) is 0 Å². The zero-order valence-corrected chi connectivity index (χ0v) is 30.0. The van der Waals surface area contributed by atoms with E-state index < -0.39 is 38.0 Å². The fourth-order valence-electron chi connectivity index (χ4n) is 6.02. The molecule has 0 spiro atoms. The molecule has 55 heavy (non-hydrogen) atoms. The number of rotatable bonds is 10. The van der Waals surface area contributed by atoms with Gasteiger partial charge in [-0.1, -0.05) is 66.7 Å². The monoisotopic (exact) mass is 775 g/mol. The molecule has 0 aromatic heterocycles. The van der Waals surface area contributed by atoms with E-state index in [0.29, 0.717) is 38.7 Å². The molecule has 7 rings (SSSR count). The zero-order valence-electron chi connectivity index (χ0n) is 28.4. The van der Waals surface area contributed by atoms with Crippen LogP contribution in [0.3, 0.4) is 0 Å². The molecule has 0 saturated heterocycles. The molecular weight excluding hydrogens is 747 g/mol. The number of hydrogen-bond donors (Lipinski definition) is 5. The lowest BCUT2D eigenvalue weighted by Gasteiger charge is -2.14. The number of nitrogens with one attached hydrogen (secondary N) is 3. The molecule has 0 aliphatic rings. The summed E-state index contributed by atoms with van der Waals surface area (Å²) < 4.78 is 71.5. The van der Waals surface area contributed by atoms with Crippen molar-refractivity contribution in [3.8, 4) is 5.75 Å². The average Bonchev–Trinajstić information content (AvgIpc) is 3.16. The van der Waals surface area contributed by atoms with Crippen LogP contribution in [0.5, 0.6) is 5.75 Å². The van der Waals surface area contributed by atoms with Crippen LogP contribution in [0, 0.1) is 0 Å². The van der Waals surface area contributed by atoms with E-state index in [1.54, 1.807) is 48.5 Å². The molecule has 276 valence electrons. The van der Waals surface area contributed by atoms with E-state index >= 15 is 0 Å². The van der Waals surface area contributed by atoms with Crippen molar-refractivity contribution in [3.05, 3.63) is 145 Å². The highest BCUT2D eigenvalue weighted by Gasteiger charge is 2.19. The number of amides is 3. The lowest BCUT2D eigenvalue weighted by atomic mass is 10.1. The summed E-state index contributed by atoms with van der Waals surface area (Å²) in [5.74, 6) is -1.47. The highest BCUT2D eigenvalue weighted by Crippen LogP contribution is 2.29. The first-order valence-electron chi connectivity index (χ1n) is 16.4. The lowest BCUT2D eigenvalue weighted by Crippen LogP contribution is -2.22. The van der Waals surface area contributed by atoms with Crippen molar-refractivity contribution < 1.29 is 45.1 Å². The van der Waals surface area contributed by atoms with E-state index in [-0.39, 0.29) is 33.2 Å². The normalized spacial score (nSPS) is 11.7. The Morgan fingerprint density at radius 3 is 1.55 bits per heavy atom. The maximum Gasteiger partial charge on any atom is 0.294 e. The van der Waals surface area contributed by atoms with Crippen molar-refractivity contribution in [1.29, 1.82) is 0 Å². The Hall–Kier alpha value is -6.65. The standard InChI is InChI=1S/C40H29N3O10S2/c44-38(23-53-31-12-11-24-5-1-2-6-25(24)20-31)41-30-18-28(39(45)42-36-9-3-7-26-21-32(54(47,48)49)13-15-34(26)36)17-29(19-30)40(46)43-37-10-4-8-27-22-33(55(50,51)52)14-16-35(27)37/h1-22H,23H2,(H,41,44)(H,42,45)(H,43,46)(H,47,48,49)(H,50,51,52). The largest absolute Gasteiger partial charge is 0.484 e. The quantitative estimate of drug-likeness (QED) is 0.0887. The van der Waals surface area contributed by atoms with Crippen LogP contribution >= 0.6 is 0 Å².